The Labute approximate surface area is 113 Å². The fourth-order valence-corrected chi connectivity index (χ4v) is 0.633. The van der Waals surface area contributed by atoms with Gasteiger partial charge in [-0.15, -0.1) is 0 Å². The summed E-state index contributed by atoms with van der Waals surface area (Å²) in [6, 6.07) is 4.70. The molecule has 0 unspecified atom stereocenters. The summed E-state index contributed by atoms with van der Waals surface area (Å²) in [6.07, 6.45) is 0. The van der Waals surface area contributed by atoms with Crippen LogP contribution < -0.4 is 59.1 Å². The van der Waals surface area contributed by atoms with Gasteiger partial charge in [0.15, 0.2) is 11.5 Å². The molecule has 52 valence electrons. The van der Waals surface area contributed by atoms with Crippen LogP contribution in [0.1, 0.15) is 8.42 Å². The summed E-state index contributed by atoms with van der Waals surface area (Å²) in [5, 5.41) is 17.6. The molecule has 2 nitrogen and oxygen atoms in total. The second-order valence-corrected chi connectivity index (χ2v) is 1.99. The Bertz CT molecular complexity index is 234. The average molecular weight is 172 g/mol. The molecule has 1 rings (SSSR count). The van der Waals surface area contributed by atoms with E-state index in [0.717, 1.165) is 5.56 Å². The first-order chi connectivity index (χ1) is 4.20. The van der Waals surface area contributed by atoms with Gasteiger partial charge in [0.1, 0.15) is 0 Å². The van der Waals surface area contributed by atoms with Gasteiger partial charge in [0, 0.05) is 0 Å². The van der Waals surface area contributed by atoms with E-state index in [0.29, 0.717) is 0 Å². The predicted molar refractivity (Wildman–Crippen MR) is 36.7 cm³/mol. The van der Waals surface area contributed by atoms with E-state index >= 15 is 0 Å². The zero-order valence-corrected chi connectivity index (χ0v) is 11.1. The minimum atomic E-state index is -0.0689. The summed E-state index contributed by atoms with van der Waals surface area (Å²) < 4.78 is 0. The maximum absolute atomic E-state index is 8.85. The van der Waals surface area contributed by atoms with Crippen LogP contribution in [0.3, 0.4) is 0 Å². The number of aromatic hydroxyl groups is 2. The van der Waals surface area contributed by atoms with Crippen molar-refractivity contribution in [3.63, 3.8) is 0 Å². The molecule has 2 N–H and O–H groups in total. The van der Waals surface area contributed by atoms with E-state index in [1.165, 1.54) is 12.1 Å². The van der Waals surface area contributed by atoms with Crippen molar-refractivity contribution in [2.45, 2.75) is 6.92 Å². The summed E-state index contributed by atoms with van der Waals surface area (Å²) in [4.78, 5) is 0. The van der Waals surface area contributed by atoms with E-state index in [-0.39, 0.29) is 73.5 Å². The van der Waals surface area contributed by atoms with Gasteiger partial charge in [-0.3, -0.25) is 0 Å². The van der Waals surface area contributed by atoms with Gasteiger partial charge in [0.25, 0.3) is 0 Å². The molecule has 1 aromatic rings. The van der Waals surface area contributed by atoms with Crippen molar-refractivity contribution in [2.24, 2.45) is 0 Å². The number of phenolic OH excluding ortho intramolecular Hbond substituents is 2. The van der Waals surface area contributed by atoms with E-state index in [9.17, 15) is 0 Å². The first kappa shape index (κ1) is 14.3. The summed E-state index contributed by atoms with van der Waals surface area (Å²) in [5.41, 5.74) is 0.935. The quantitative estimate of drug-likeness (QED) is 0.307. The van der Waals surface area contributed by atoms with Gasteiger partial charge in [-0.05, 0) is 24.6 Å². The van der Waals surface area contributed by atoms with Crippen molar-refractivity contribution in [2.75, 3.05) is 0 Å². The van der Waals surface area contributed by atoms with Crippen LogP contribution >= 0.6 is 0 Å². The first-order valence-corrected chi connectivity index (χ1v) is 2.69. The van der Waals surface area contributed by atoms with Gasteiger partial charge in [-0.1, -0.05) is 6.07 Å². The van der Waals surface area contributed by atoms with Gasteiger partial charge >= 0.3 is 59.1 Å². The molecular formula is C7H10Na2O2. The molecule has 4 heteroatoms. The average Bonchev–Trinajstić information content (AvgIpc) is 1.80. The van der Waals surface area contributed by atoms with Crippen LogP contribution in [0.2, 0.25) is 0 Å². The van der Waals surface area contributed by atoms with Crippen molar-refractivity contribution in [1.29, 1.82) is 0 Å². The summed E-state index contributed by atoms with van der Waals surface area (Å²) >= 11 is 0. The Morgan fingerprint density at radius 3 is 2.00 bits per heavy atom. The van der Waals surface area contributed by atoms with Gasteiger partial charge in [-0.25, -0.2) is 0 Å². The first-order valence-electron chi connectivity index (χ1n) is 2.69. The van der Waals surface area contributed by atoms with Crippen molar-refractivity contribution < 1.29 is 72.2 Å². The molecule has 0 fully saturated rings. The molecule has 0 bridgehead atoms. The molecule has 1 aromatic carbocycles. The minimum absolute atomic E-state index is 0. The molecule has 0 saturated carbocycles. The molecule has 0 amide bonds. The summed E-state index contributed by atoms with van der Waals surface area (Å²) in [5.74, 6) is -0.129. The zero-order valence-electron chi connectivity index (χ0n) is 9.13. The number of rotatable bonds is 0. The van der Waals surface area contributed by atoms with Gasteiger partial charge in [0.05, 0.1) is 0 Å². The third kappa shape index (κ3) is 4.41. The van der Waals surface area contributed by atoms with Gasteiger partial charge < -0.3 is 13.1 Å². The fraction of sp³-hybridized carbons (Fsp3) is 0.143. The maximum atomic E-state index is 8.85. The maximum Gasteiger partial charge on any atom is 1.00 e. The molecule has 0 aromatic heterocycles. The molecule has 0 aliphatic rings. The smallest absolute Gasteiger partial charge is 1.00 e. The Morgan fingerprint density at radius 2 is 1.64 bits per heavy atom. The topological polar surface area (TPSA) is 40.5 Å². The van der Waals surface area contributed by atoms with Gasteiger partial charge in [-0.2, -0.15) is 0 Å². The van der Waals surface area contributed by atoms with E-state index < -0.39 is 0 Å². The number of benzene rings is 1. The Kier molecular flexibility index (Phi) is 8.28. The molecule has 0 radical (unpaired) electrons. The van der Waals surface area contributed by atoms with E-state index in [1.54, 1.807) is 6.07 Å². The minimum Gasteiger partial charge on any atom is -1.00 e. The molecule has 11 heavy (non-hydrogen) atoms. The molecule has 0 aliphatic heterocycles. The van der Waals surface area contributed by atoms with Crippen LogP contribution in [-0.4, -0.2) is 10.2 Å². The fourth-order valence-electron chi connectivity index (χ4n) is 0.633. The number of phenols is 2. The largest absolute Gasteiger partial charge is 1.00 e. The molecule has 0 heterocycles. The predicted octanol–water partition coefficient (Wildman–Crippen LogP) is -4.36. The van der Waals surface area contributed by atoms with Crippen LogP contribution in [0.15, 0.2) is 18.2 Å². The number of hydrogen-bond acceptors (Lipinski definition) is 2. The van der Waals surface area contributed by atoms with Crippen molar-refractivity contribution in [3.05, 3.63) is 23.8 Å². The Balaban J connectivity index is -0.000000101. The zero-order chi connectivity index (χ0) is 6.85. The normalized spacial score (nSPS) is 7.73. The van der Waals surface area contributed by atoms with Crippen molar-refractivity contribution in [1.82, 2.24) is 0 Å². The monoisotopic (exact) mass is 172 g/mol. The van der Waals surface area contributed by atoms with Crippen LogP contribution in [0.5, 0.6) is 11.5 Å². The Hall–Kier alpha value is 0.820. The van der Waals surface area contributed by atoms with E-state index in [1.807, 2.05) is 6.92 Å². The SMILES string of the molecule is Cc1ccc(O)c(O)c1.[H-].[H-].[Na+].[Na+]. The Morgan fingerprint density at radius 1 is 1.09 bits per heavy atom. The van der Waals surface area contributed by atoms with E-state index in [2.05, 4.69) is 0 Å². The van der Waals surface area contributed by atoms with Crippen LogP contribution in [0, 0.1) is 6.92 Å². The molecule has 0 saturated heterocycles. The molecular weight excluding hydrogens is 162 g/mol. The molecule has 0 aliphatic carbocycles. The second kappa shape index (κ2) is 6.35. The summed E-state index contributed by atoms with van der Waals surface area (Å²) in [6.45, 7) is 1.85. The molecule has 0 spiro atoms. The molecule has 0 atom stereocenters. The van der Waals surface area contributed by atoms with Crippen LogP contribution in [-0.2, 0) is 0 Å². The number of aryl methyl sites for hydroxylation is 1. The third-order valence-corrected chi connectivity index (χ3v) is 1.13. The third-order valence-electron chi connectivity index (χ3n) is 1.13. The standard InChI is InChI=1S/C7H8O2.2Na.2H/c1-5-2-3-6(8)7(9)4-5;;;;/h2-4,8-9H,1H3;;;;/q;2*+1;2*-1. The summed E-state index contributed by atoms with van der Waals surface area (Å²) in [7, 11) is 0. The van der Waals surface area contributed by atoms with E-state index in [4.69, 9.17) is 10.2 Å². The van der Waals surface area contributed by atoms with Crippen molar-refractivity contribution >= 4 is 0 Å². The van der Waals surface area contributed by atoms with Crippen LogP contribution in [0.25, 0.3) is 0 Å². The van der Waals surface area contributed by atoms with Crippen LogP contribution in [0.4, 0.5) is 0 Å². The van der Waals surface area contributed by atoms with Gasteiger partial charge in [0.2, 0.25) is 0 Å². The van der Waals surface area contributed by atoms with Crippen molar-refractivity contribution in [3.8, 4) is 11.5 Å². The second-order valence-electron chi connectivity index (χ2n) is 1.99. The number of hydrogen-bond donors (Lipinski definition) is 2.